The molecule has 1 aromatic carbocycles. The molecule has 1 aliphatic heterocycles. The molecule has 1 heterocycles. The molecule has 22 heavy (non-hydrogen) atoms. The first kappa shape index (κ1) is 16.3. The number of hydrogen-bond acceptors (Lipinski definition) is 3. The van der Waals surface area contributed by atoms with Crippen molar-refractivity contribution in [3.8, 4) is 6.07 Å². The van der Waals surface area contributed by atoms with Gasteiger partial charge < -0.3 is 5.32 Å². The molecular formula is C15H16F3N3O. The van der Waals surface area contributed by atoms with E-state index in [0.29, 0.717) is 25.1 Å². The third-order valence-electron chi connectivity index (χ3n) is 3.60. The van der Waals surface area contributed by atoms with E-state index in [2.05, 4.69) is 0 Å². The number of nitrogens with one attached hydrogen (secondary N) is 1. The number of nitriles is 1. The van der Waals surface area contributed by atoms with Crippen LogP contribution in [-0.4, -0.2) is 36.1 Å². The van der Waals surface area contributed by atoms with E-state index in [4.69, 9.17) is 5.26 Å². The molecule has 0 radical (unpaired) electrons. The highest BCUT2D eigenvalue weighted by Crippen LogP contribution is 2.21. The van der Waals surface area contributed by atoms with Crippen molar-refractivity contribution in [3.63, 3.8) is 0 Å². The molecular weight excluding hydrogens is 295 g/mol. The smallest absolute Gasteiger partial charge is 0.346 e. The Morgan fingerprint density at radius 1 is 1.36 bits per heavy atom. The molecule has 1 aliphatic rings. The Morgan fingerprint density at radius 3 is 2.64 bits per heavy atom. The van der Waals surface area contributed by atoms with Gasteiger partial charge in [0, 0.05) is 6.54 Å². The Hall–Kier alpha value is -2.07. The quantitative estimate of drug-likeness (QED) is 0.927. The van der Waals surface area contributed by atoms with Crippen LogP contribution in [0.5, 0.6) is 0 Å². The molecule has 1 N–H and O–H groups in total. The minimum atomic E-state index is -4.40. The Kier molecular flexibility index (Phi) is 5.03. The van der Waals surface area contributed by atoms with E-state index in [-0.39, 0.29) is 0 Å². The van der Waals surface area contributed by atoms with Crippen molar-refractivity contribution >= 4 is 5.91 Å². The van der Waals surface area contributed by atoms with E-state index in [1.54, 1.807) is 24.3 Å². The minimum Gasteiger partial charge on any atom is -0.346 e. The lowest BCUT2D eigenvalue weighted by Gasteiger charge is -2.24. The van der Waals surface area contributed by atoms with Crippen LogP contribution in [0.25, 0.3) is 0 Å². The van der Waals surface area contributed by atoms with E-state index in [1.807, 2.05) is 16.3 Å². The number of rotatable bonds is 4. The van der Waals surface area contributed by atoms with Gasteiger partial charge in [-0.1, -0.05) is 12.1 Å². The number of halogens is 3. The zero-order valence-electron chi connectivity index (χ0n) is 11.9. The zero-order valence-corrected chi connectivity index (χ0v) is 11.9. The molecule has 7 heteroatoms. The van der Waals surface area contributed by atoms with E-state index in [9.17, 15) is 18.0 Å². The van der Waals surface area contributed by atoms with Gasteiger partial charge in [-0.2, -0.15) is 18.4 Å². The minimum absolute atomic E-state index is 0.482. The molecule has 1 saturated heterocycles. The summed E-state index contributed by atoms with van der Waals surface area (Å²) in [6, 6.07) is 8.45. The number of likely N-dealkylation sites (tertiary alicyclic amines) is 1. The predicted octanol–water partition coefficient (Wildman–Crippen LogP) is 2.20. The summed E-state index contributed by atoms with van der Waals surface area (Å²) in [6.07, 6.45) is -3.06. The first-order valence-corrected chi connectivity index (χ1v) is 6.96. The monoisotopic (exact) mass is 311 g/mol. The highest BCUT2D eigenvalue weighted by molar-refractivity contribution is 5.82. The van der Waals surface area contributed by atoms with Crippen LogP contribution < -0.4 is 5.32 Å². The Bertz CT molecular complexity index is 563. The van der Waals surface area contributed by atoms with Gasteiger partial charge in [0.2, 0.25) is 5.91 Å². The topological polar surface area (TPSA) is 56.1 Å². The highest BCUT2D eigenvalue weighted by Gasteiger charge is 2.33. The van der Waals surface area contributed by atoms with Crippen molar-refractivity contribution in [3.05, 3.63) is 35.4 Å². The average Bonchev–Trinajstić information content (AvgIpc) is 2.93. The fraction of sp³-hybridized carbons (Fsp3) is 0.467. The lowest BCUT2D eigenvalue weighted by molar-refractivity contribution is -0.141. The van der Waals surface area contributed by atoms with Gasteiger partial charge in [0.15, 0.2) is 0 Å². The van der Waals surface area contributed by atoms with Gasteiger partial charge in [-0.05, 0) is 37.1 Å². The van der Waals surface area contributed by atoms with Crippen LogP contribution in [0.3, 0.4) is 0 Å². The lowest BCUT2D eigenvalue weighted by Crippen LogP contribution is -2.45. The second kappa shape index (κ2) is 6.79. The summed E-state index contributed by atoms with van der Waals surface area (Å²) in [5, 5.41) is 10.7. The maximum atomic E-state index is 12.2. The number of benzene rings is 1. The third-order valence-corrected chi connectivity index (χ3v) is 3.60. The highest BCUT2D eigenvalue weighted by atomic mass is 19.4. The molecule has 0 bridgehead atoms. The van der Waals surface area contributed by atoms with Gasteiger partial charge in [0.25, 0.3) is 0 Å². The van der Waals surface area contributed by atoms with Crippen molar-refractivity contribution in [2.45, 2.75) is 31.6 Å². The van der Waals surface area contributed by atoms with Gasteiger partial charge in [-0.15, -0.1) is 0 Å². The van der Waals surface area contributed by atoms with Crippen LogP contribution in [0.15, 0.2) is 24.3 Å². The van der Waals surface area contributed by atoms with Crippen molar-refractivity contribution in [1.82, 2.24) is 10.2 Å². The van der Waals surface area contributed by atoms with E-state index in [1.165, 1.54) is 0 Å². The van der Waals surface area contributed by atoms with Crippen LogP contribution >= 0.6 is 0 Å². The molecule has 0 saturated carbocycles. The molecule has 1 aromatic rings. The molecule has 0 spiro atoms. The summed E-state index contributed by atoms with van der Waals surface area (Å²) >= 11 is 0. The fourth-order valence-corrected chi connectivity index (χ4v) is 2.54. The third kappa shape index (κ3) is 4.46. The van der Waals surface area contributed by atoms with Crippen LogP contribution in [-0.2, 0) is 11.3 Å². The van der Waals surface area contributed by atoms with Crippen molar-refractivity contribution in [2.24, 2.45) is 0 Å². The van der Waals surface area contributed by atoms with E-state index < -0.39 is 24.7 Å². The van der Waals surface area contributed by atoms with Crippen molar-refractivity contribution in [1.29, 1.82) is 5.26 Å². The fourth-order valence-electron chi connectivity index (χ4n) is 2.54. The standard InChI is InChI=1S/C15H16F3N3O/c16-15(17,18)10-20-14(22)13-2-1-7-21(13)9-12-5-3-11(8-19)4-6-12/h3-6,13H,1-2,7,9-10H2,(H,20,22). The predicted molar refractivity (Wildman–Crippen MR) is 73.7 cm³/mol. The second-order valence-electron chi connectivity index (χ2n) is 5.27. The number of alkyl halides is 3. The van der Waals surface area contributed by atoms with Crippen molar-refractivity contribution in [2.75, 3.05) is 13.1 Å². The van der Waals surface area contributed by atoms with Gasteiger partial charge in [-0.25, -0.2) is 0 Å². The molecule has 1 amide bonds. The maximum Gasteiger partial charge on any atom is 0.405 e. The lowest BCUT2D eigenvalue weighted by atomic mass is 10.1. The van der Waals surface area contributed by atoms with Gasteiger partial charge >= 0.3 is 6.18 Å². The first-order valence-electron chi connectivity index (χ1n) is 6.96. The summed E-state index contributed by atoms with van der Waals surface area (Å²) in [4.78, 5) is 13.8. The summed E-state index contributed by atoms with van der Waals surface area (Å²) < 4.78 is 36.5. The summed E-state index contributed by atoms with van der Waals surface area (Å²) in [5.41, 5.74) is 1.47. The van der Waals surface area contributed by atoms with Crippen LogP contribution in [0, 0.1) is 11.3 Å². The van der Waals surface area contributed by atoms with Gasteiger partial charge in [-0.3, -0.25) is 9.69 Å². The van der Waals surface area contributed by atoms with Crippen LogP contribution in [0.2, 0.25) is 0 Å². The summed E-state index contributed by atoms with van der Waals surface area (Å²) in [7, 11) is 0. The van der Waals surface area contributed by atoms with Crippen molar-refractivity contribution < 1.29 is 18.0 Å². The molecule has 1 unspecified atom stereocenters. The SMILES string of the molecule is N#Cc1ccc(CN2CCCC2C(=O)NCC(F)(F)F)cc1. The van der Waals surface area contributed by atoms with Gasteiger partial charge in [0.1, 0.15) is 6.54 Å². The zero-order chi connectivity index (χ0) is 16.2. The number of hydrogen-bond donors (Lipinski definition) is 1. The van der Waals surface area contributed by atoms with Gasteiger partial charge in [0.05, 0.1) is 17.7 Å². The number of nitrogens with zero attached hydrogens (tertiary/aromatic N) is 2. The molecule has 1 atom stereocenters. The molecule has 1 fully saturated rings. The number of carbonyl (C=O) groups is 1. The average molecular weight is 311 g/mol. The van der Waals surface area contributed by atoms with E-state index >= 15 is 0 Å². The second-order valence-corrected chi connectivity index (χ2v) is 5.27. The number of carbonyl (C=O) groups excluding carboxylic acids is 1. The normalized spacial score (nSPS) is 18.9. The largest absolute Gasteiger partial charge is 0.405 e. The summed E-state index contributed by atoms with van der Waals surface area (Å²) in [5.74, 6) is -0.580. The number of amides is 1. The Balaban J connectivity index is 1.95. The molecule has 118 valence electrons. The Labute approximate surface area is 126 Å². The van der Waals surface area contributed by atoms with E-state index in [0.717, 1.165) is 12.0 Å². The molecule has 2 rings (SSSR count). The molecule has 0 aliphatic carbocycles. The first-order chi connectivity index (χ1) is 10.4. The van der Waals surface area contributed by atoms with Crippen LogP contribution in [0.1, 0.15) is 24.0 Å². The summed E-state index contributed by atoms with van der Waals surface area (Å²) in [6.45, 7) is -0.146. The maximum absolute atomic E-state index is 12.2. The molecule has 4 nitrogen and oxygen atoms in total. The molecule has 0 aromatic heterocycles. The van der Waals surface area contributed by atoms with Crippen LogP contribution in [0.4, 0.5) is 13.2 Å². The Morgan fingerprint density at radius 2 is 2.05 bits per heavy atom.